The Kier molecular flexibility index (Phi) is 3.71. The number of hydrogen-bond donors (Lipinski definition) is 0. The number of rotatable bonds is 4. The smallest absolute Gasteiger partial charge is 0.225 e. The molecule has 0 heterocycles. The molecule has 2 nitrogen and oxygen atoms in total. The largest absolute Gasteiger partial charge is 0.457 e. The average Bonchev–Trinajstić information content (AvgIpc) is 2.39. The van der Waals surface area contributed by atoms with Crippen molar-refractivity contribution in [1.82, 2.24) is 0 Å². The van der Waals surface area contributed by atoms with Crippen LogP contribution in [0.5, 0.6) is 11.5 Å². The Labute approximate surface area is 100 Å². The first-order valence-electron chi connectivity index (χ1n) is 5.26. The minimum absolute atomic E-state index is 0.713. The van der Waals surface area contributed by atoms with Crippen molar-refractivity contribution in [3.05, 3.63) is 66.2 Å². The molecule has 2 heteroatoms. The van der Waals surface area contributed by atoms with E-state index in [1.54, 1.807) is 12.4 Å². The summed E-state index contributed by atoms with van der Waals surface area (Å²) in [6.45, 7) is 0. The van der Waals surface area contributed by atoms with Crippen molar-refractivity contribution in [2.75, 3.05) is 0 Å². The zero-order valence-corrected chi connectivity index (χ0v) is 9.17. The number of allylic oxidation sites excluding steroid dienone is 1. The normalized spacial score (nSPS) is 10.4. The summed E-state index contributed by atoms with van der Waals surface area (Å²) in [5, 5.41) is 0. The number of hydrogen-bond acceptors (Lipinski definition) is 2. The van der Waals surface area contributed by atoms with Crippen molar-refractivity contribution in [3.8, 4) is 11.5 Å². The van der Waals surface area contributed by atoms with Crippen LogP contribution >= 0.6 is 0 Å². The minimum Gasteiger partial charge on any atom is -0.457 e. The Morgan fingerprint density at radius 2 is 1.65 bits per heavy atom. The van der Waals surface area contributed by atoms with Crippen molar-refractivity contribution in [2.45, 2.75) is 0 Å². The third kappa shape index (κ3) is 3.05. The molecule has 0 aliphatic heterocycles. The number of carbonyl (C=O) groups excluding carboxylic acids is 1. The lowest BCUT2D eigenvalue weighted by atomic mass is 10.2. The van der Waals surface area contributed by atoms with Gasteiger partial charge in [-0.1, -0.05) is 36.4 Å². The first-order chi connectivity index (χ1) is 8.40. The summed E-state index contributed by atoms with van der Waals surface area (Å²) in [5.41, 5.74) is 0.847. The van der Waals surface area contributed by atoms with Gasteiger partial charge in [0.1, 0.15) is 11.5 Å². The zero-order valence-electron chi connectivity index (χ0n) is 9.17. The van der Waals surface area contributed by atoms with E-state index in [1.165, 1.54) is 6.08 Å². The Morgan fingerprint density at radius 3 is 2.41 bits per heavy atom. The van der Waals surface area contributed by atoms with Crippen LogP contribution in [0.25, 0.3) is 6.08 Å². The molecule has 0 aliphatic carbocycles. The van der Waals surface area contributed by atoms with E-state index < -0.39 is 0 Å². The maximum Gasteiger partial charge on any atom is 0.225 e. The molecular formula is C15H11O2. The van der Waals surface area contributed by atoms with Crippen LogP contribution in [0, 0.1) is 0 Å². The summed E-state index contributed by atoms with van der Waals surface area (Å²) in [6, 6.07) is 17.0. The maximum atomic E-state index is 10.2. The highest BCUT2D eigenvalue weighted by atomic mass is 16.5. The van der Waals surface area contributed by atoms with Gasteiger partial charge in [-0.3, -0.25) is 4.79 Å². The molecule has 83 valence electrons. The van der Waals surface area contributed by atoms with Gasteiger partial charge in [-0.25, -0.2) is 0 Å². The SMILES string of the molecule is O=[C]/C=C/c1ccccc1Oc1ccccc1. The lowest BCUT2D eigenvalue weighted by Gasteiger charge is -2.08. The van der Waals surface area contributed by atoms with Gasteiger partial charge in [0.2, 0.25) is 6.29 Å². The highest BCUT2D eigenvalue weighted by molar-refractivity contribution is 5.75. The van der Waals surface area contributed by atoms with Gasteiger partial charge in [0.05, 0.1) is 0 Å². The van der Waals surface area contributed by atoms with Crippen molar-refractivity contribution in [3.63, 3.8) is 0 Å². The second kappa shape index (κ2) is 5.66. The highest BCUT2D eigenvalue weighted by Gasteiger charge is 2.00. The summed E-state index contributed by atoms with van der Waals surface area (Å²) in [5.74, 6) is 1.48. The summed E-state index contributed by atoms with van der Waals surface area (Å²) in [7, 11) is 0. The first kappa shape index (κ1) is 11.1. The van der Waals surface area contributed by atoms with Gasteiger partial charge in [-0.15, -0.1) is 0 Å². The molecule has 0 saturated heterocycles. The van der Waals surface area contributed by atoms with Crippen molar-refractivity contribution < 1.29 is 9.53 Å². The molecule has 0 saturated carbocycles. The molecule has 2 rings (SSSR count). The Morgan fingerprint density at radius 1 is 0.941 bits per heavy atom. The lowest BCUT2D eigenvalue weighted by Crippen LogP contribution is -1.86. The van der Waals surface area contributed by atoms with Crippen LogP contribution < -0.4 is 4.74 Å². The zero-order chi connectivity index (χ0) is 11.9. The van der Waals surface area contributed by atoms with Crippen LogP contribution in [0.3, 0.4) is 0 Å². The molecule has 0 unspecified atom stereocenters. The fourth-order valence-electron chi connectivity index (χ4n) is 1.45. The number of benzene rings is 2. The van der Waals surface area contributed by atoms with Gasteiger partial charge in [-0.2, -0.15) is 0 Å². The van der Waals surface area contributed by atoms with E-state index >= 15 is 0 Å². The molecule has 0 aromatic heterocycles. The summed E-state index contributed by atoms with van der Waals surface area (Å²) in [4.78, 5) is 10.2. The molecule has 2 aromatic rings. The second-order valence-corrected chi connectivity index (χ2v) is 3.40. The molecular weight excluding hydrogens is 212 g/mol. The van der Waals surface area contributed by atoms with Crippen LogP contribution in [0.1, 0.15) is 5.56 Å². The van der Waals surface area contributed by atoms with Crippen molar-refractivity contribution in [1.29, 1.82) is 0 Å². The second-order valence-electron chi connectivity index (χ2n) is 3.40. The first-order valence-corrected chi connectivity index (χ1v) is 5.26. The van der Waals surface area contributed by atoms with E-state index in [0.717, 1.165) is 11.3 Å². The van der Waals surface area contributed by atoms with E-state index in [1.807, 2.05) is 54.6 Å². The van der Waals surface area contributed by atoms with Crippen LogP contribution in [-0.2, 0) is 4.79 Å². The standard InChI is InChI=1S/C15H11O2/c16-12-6-8-13-7-4-5-11-15(13)17-14-9-2-1-3-10-14/h1-11H/b8-6+. The van der Waals surface area contributed by atoms with Crippen molar-refractivity contribution >= 4 is 12.4 Å². The Hall–Kier alpha value is -2.35. The third-order valence-corrected chi connectivity index (χ3v) is 2.22. The predicted octanol–water partition coefficient (Wildman–Crippen LogP) is 3.60. The van der Waals surface area contributed by atoms with Crippen LogP contribution in [-0.4, -0.2) is 6.29 Å². The third-order valence-electron chi connectivity index (χ3n) is 2.22. The van der Waals surface area contributed by atoms with Gasteiger partial charge in [0.15, 0.2) is 0 Å². The molecule has 0 aliphatic rings. The van der Waals surface area contributed by atoms with E-state index in [4.69, 9.17) is 4.74 Å². The fourth-order valence-corrected chi connectivity index (χ4v) is 1.45. The number of para-hydroxylation sites is 2. The maximum absolute atomic E-state index is 10.2. The molecule has 1 radical (unpaired) electrons. The fraction of sp³-hybridized carbons (Fsp3) is 0. The summed E-state index contributed by atoms with van der Waals surface area (Å²) in [6.07, 6.45) is 4.72. The van der Waals surface area contributed by atoms with E-state index in [0.29, 0.717) is 5.75 Å². The number of ether oxygens (including phenoxy) is 1. The monoisotopic (exact) mass is 223 g/mol. The molecule has 0 amide bonds. The molecule has 0 bridgehead atoms. The van der Waals surface area contributed by atoms with Gasteiger partial charge in [0.25, 0.3) is 0 Å². The molecule has 17 heavy (non-hydrogen) atoms. The van der Waals surface area contributed by atoms with E-state index in [2.05, 4.69) is 0 Å². The van der Waals surface area contributed by atoms with Crippen LogP contribution in [0.2, 0.25) is 0 Å². The van der Waals surface area contributed by atoms with E-state index in [9.17, 15) is 4.79 Å². The lowest BCUT2D eigenvalue weighted by molar-refractivity contribution is 0.481. The van der Waals surface area contributed by atoms with Gasteiger partial charge in [0, 0.05) is 5.56 Å². The molecule has 2 aromatic carbocycles. The Bertz CT molecular complexity index is 515. The van der Waals surface area contributed by atoms with E-state index in [-0.39, 0.29) is 0 Å². The van der Waals surface area contributed by atoms with Gasteiger partial charge < -0.3 is 4.74 Å². The molecule has 0 spiro atoms. The highest BCUT2D eigenvalue weighted by Crippen LogP contribution is 2.25. The average molecular weight is 223 g/mol. The molecule has 0 fully saturated rings. The van der Waals surface area contributed by atoms with Gasteiger partial charge >= 0.3 is 0 Å². The topological polar surface area (TPSA) is 26.3 Å². The molecule has 0 atom stereocenters. The molecule has 0 N–H and O–H groups in total. The van der Waals surface area contributed by atoms with Crippen molar-refractivity contribution in [2.24, 2.45) is 0 Å². The predicted molar refractivity (Wildman–Crippen MR) is 67.7 cm³/mol. The summed E-state index contributed by atoms with van der Waals surface area (Å²) < 4.78 is 5.73. The minimum atomic E-state index is 0.713. The van der Waals surface area contributed by atoms with Crippen LogP contribution in [0.4, 0.5) is 0 Å². The summed E-state index contributed by atoms with van der Waals surface area (Å²) >= 11 is 0. The Balaban J connectivity index is 2.26. The van der Waals surface area contributed by atoms with Gasteiger partial charge in [-0.05, 0) is 30.4 Å². The quantitative estimate of drug-likeness (QED) is 0.740. The van der Waals surface area contributed by atoms with Crippen LogP contribution in [0.15, 0.2) is 60.7 Å².